The minimum absolute atomic E-state index is 0.194. The third-order valence-electron chi connectivity index (χ3n) is 4.10. The van der Waals surface area contributed by atoms with E-state index in [1.807, 2.05) is 25.1 Å². The van der Waals surface area contributed by atoms with Crippen molar-refractivity contribution in [3.05, 3.63) is 42.5 Å². The zero-order chi connectivity index (χ0) is 16.7. The SMILES string of the molecule is C[C@@H]1CN(S(=O)(=O)c2ccc3c(c2)NCCS3)c2ccccc2O1. The van der Waals surface area contributed by atoms with Gasteiger partial charge in [-0.1, -0.05) is 12.1 Å². The highest BCUT2D eigenvalue weighted by atomic mass is 32.2. The van der Waals surface area contributed by atoms with Gasteiger partial charge in [0.2, 0.25) is 0 Å². The average molecular weight is 362 g/mol. The van der Waals surface area contributed by atoms with E-state index < -0.39 is 10.0 Å². The first kappa shape index (κ1) is 15.7. The number of benzene rings is 2. The number of rotatable bonds is 2. The summed E-state index contributed by atoms with van der Waals surface area (Å²) >= 11 is 1.74. The molecule has 0 radical (unpaired) electrons. The molecule has 2 aromatic carbocycles. The van der Waals surface area contributed by atoms with Gasteiger partial charge in [-0.15, -0.1) is 11.8 Å². The third-order valence-corrected chi connectivity index (χ3v) is 6.95. The van der Waals surface area contributed by atoms with Gasteiger partial charge in [0.25, 0.3) is 10.0 Å². The molecule has 0 saturated carbocycles. The normalized spacial score (nSPS) is 19.7. The molecule has 7 heteroatoms. The zero-order valence-electron chi connectivity index (χ0n) is 13.2. The maximum absolute atomic E-state index is 13.2. The maximum Gasteiger partial charge on any atom is 0.264 e. The first-order chi connectivity index (χ1) is 11.6. The Morgan fingerprint density at radius 1 is 1.25 bits per heavy atom. The molecule has 126 valence electrons. The summed E-state index contributed by atoms with van der Waals surface area (Å²) in [5.41, 5.74) is 1.48. The fourth-order valence-corrected chi connectivity index (χ4v) is 5.44. The van der Waals surface area contributed by atoms with Gasteiger partial charge in [-0.3, -0.25) is 4.31 Å². The number of anilines is 2. The van der Waals surface area contributed by atoms with Gasteiger partial charge >= 0.3 is 0 Å². The predicted octanol–water partition coefficient (Wildman–Crippen LogP) is 3.18. The highest BCUT2D eigenvalue weighted by Crippen LogP contribution is 2.38. The molecule has 1 N–H and O–H groups in total. The molecule has 2 aromatic rings. The van der Waals surface area contributed by atoms with E-state index in [1.54, 1.807) is 36.0 Å². The standard InChI is InChI=1S/C17H18N2O3S2/c1-12-11-19(15-4-2-3-5-16(15)22-12)24(20,21)13-6-7-17-14(10-13)18-8-9-23-17/h2-7,10,12,18H,8-9,11H2,1H3/t12-/m1/s1. The van der Waals surface area contributed by atoms with Crippen molar-refractivity contribution in [1.29, 1.82) is 0 Å². The summed E-state index contributed by atoms with van der Waals surface area (Å²) in [7, 11) is -3.64. The van der Waals surface area contributed by atoms with E-state index in [0.29, 0.717) is 22.9 Å². The van der Waals surface area contributed by atoms with Crippen LogP contribution in [-0.2, 0) is 10.0 Å². The van der Waals surface area contributed by atoms with Gasteiger partial charge < -0.3 is 10.1 Å². The highest BCUT2D eigenvalue weighted by Gasteiger charge is 2.33. The van der Waals surface area contributed by atoms with Crippen LogP contribution in [0.1, 0.15) is 6.92 Å². The average Bonchev–Trinajstić information content (AvgIpc) is 2.60. The van der Waals surface area contributed by atoms with Gasteiger partial charge in [-0.25, -0.2) is 8.42 Å². The van der Waals surface area contributed by atoms with Crippen molar-refractivity contribution in [3.63, 3.8) is 0 Å². The van der Waals surface area contributed by atoms with Crippen LogP contribution in [0.5, 0.6) is 5.75 Å². The minimum atomic E-state index is -3.64. The third kappa shape index (κ3) is 2.61. The first-order valence-corrected chi connectivity index (χ1v) is 10.3. The summed E-state index contributed by atoms with van der Waals surface area (Å²) < 4.78 is 33.6. The van der Waals surface area contributed by atoms with Crippen LogP contribution in [-0.4, -0.2) is 33.4 Å². The predicted molar refractivity (Wildman–Crippen MR) is 96.7 cm³/mol. The Kier molecular flexibility index (Phi) is 3.85. The van der Waals surface area contributed by atoms with Gasteiger partial charge in [-0.2, -0.15) is 0 Å². The van der Waals surface area contributed by atoms with Crippen molar-refractivity contribution in [2.24, 2.45) is 0 Å². The molecule has 0 aliphatic carbocycles. The Morgan fingerprint density at radius 3 is 2.96 bits per heavy atom. The zero-order valence-corrected chi connectivity index (χ0v) is 14.9. The molecule has 0 saturated heterocycles. The van der Waals surface area contributed by atoms with Crippen molar-refractivity contribution >= 4 is 33.2 Å². The smallest absolute Gasteiger partial charge is 0.264 e. The van der Waals surface area contributed by atoms with Crippen molar-refractivity contribution < 1.29 is 13.2 Å². The van der Waals surface area contributed by atoms with Crippen molar-refractivity contribution in [2.75, 3.05) is 28.5 Å². The molecule has 5 nitrogen and oxygen atoms in total. The summed E-state index contributed by atoms with van der Waals surface area (Å²) in [4.78, 5) is 1.40. The van der Waals surface area contributed by atoms with E-state index in [4.69, 9.17) is 4.74 Å². The lowest BCUT2D eigenvalue weighted by Gasteiger charge is -2.34. The molecule has 0 amide bonds. The van der Waals surface area contributed by atoms with Crippen LogP contribution in [0.3, 0.4) is 0 Å². The molecule has 0 aromatic heterocycles. The van der Waals surface area contributed by atoms with Gasteiger partial charge in [0.05, 0.1) is 17.1 Å². The van der Waals surface area contributed by atoms with Crippen LogP contribution in [0.15, 0.2) is 52.3 Å². The molecule has 2 aliphatic heterocycles. The Morgan fingerprint density at radius 2 is 2.08 bits per heavy atom. The van der Waals surface area contributed by atoms with Crippen LogP contribution in [0, 0.1) is 0 Å². The number of hydrogen-bond acceptors (Lipinski definition) is 5. The van der Waals surface area contributed by atoms with Crippen LogP contribution in [0.2, 0.25) is 0 Å². The molecule has 1 atom stereocenters. The fraction of sp³-hybridized carbons (Fsp3) is 0.294. The second kappa shape index (κ2) is 5.89. The molecule has 0 unspecified atom stereocenters. The highest BCUT2D eigenvalue weighted by molar-refractivity contribution is 7.99. The van der Waals surface area contributed by atoms with E-state index >= 15 is 0 Å². The number of hydrogen-bond donors (Lipinski definition) is 1. The van der Waals surface area contributed by atoms with Gasteiger partial charge in [0.1, 0.15) is 11.9 Å². The number of para-hydroxylation sites is 2. The number of fused-ring (bicyclic) bond motifs is 2. The van der Waals surface area contributed by atoms with Gasteiger partial charge in [0.15, 0.2) is 0 Å². The van der Waals surface area contributed by atoms with Crippen LogP contribution < -0.4 is 14.4 Å². The second-order valence-electron chi connectivity index (χ2n) is 5.87. The summed E-state index contributed by atoms with van der Waals surface area (Å²) in [6.07, 6.45) is -0.194. The lowest BCUT2D eigenvalue weighted by molar-refractivity contribution is 0.219. The van der Waals surface area contributed by atoms with Gasteiger partial charge in [0, 0.05) is 22.9 Å². The number of ether oxygens (including phenoxy) is 1. The second-order valence-corrected chi connectivity index (χ2v) is 8.86. The number of nitrogens with zero attached hydrogens (tertiary/aromatic N) is 1. The Hall–Kier alpha value is -1.86. The summed E-state index contributed by atoms with van der Waals surface area (Å²) in [5.74, 6) is 1.60. The number of nitrogens with one attached hydrogen (secondary N) is 1. The van der Waals surface area contributed by atoms with E-state index in [1.165, 1.54) is 4.31 Å². The van der Waals surface area contributed by atoms with Crippen LogP contribution >= 0.6 is 11.8 Å². The molecule has 0 fully saturated rings. The number of sulfonamides is 1. The van der Waals surface area contributed by atoms with Crippen LogP contribution in [0.4, 0.5) is 11.4 Å². The monoisotopic (exact) mass is 362 g/mol. The fourth-order valence-electron chi connectivity index (χ4n) is 2.98. The summed E-state index contributed by atoms with van der Waals surface area (Å²) in [5, 5.41) is 3.28. The molecule has 2 heterocycles. The van der Waals surface area contributed by atoms with E-state index in [-0.39, 0.29) is 6.10 Å². The molecule has 2 aliphatic rings. The Labute approximate surface area is 146 Å². The Bertz CT molecular complexity index is 883. The lowest BCUT2D eigenvalue weighted by atomic mass is 10.2. The molecule has 0 bridgehead atoms. The van der Waals surface area contributed by atoms with E-state index in [0.717, 1.165) is 22.9 Å². The molecule has 24 heavy (non-hydrogen) atoms. The largest absolute Gasteiger partial charge is 0.487 e. The first-order valence-electron chi connectivity index (χ1n) is 7.85. The Balaban J connectivity index is 1.78. The summed E-state index contributed by atoms with van der Waals surface area (Å²) in [6, 6.07) is 12.6. The summed E-state index contributed by atoms with van der Waals surface area (Å²) in [6.45, 7) is 3.03. The van der Waals surface area contributed by atoms with Crippen molar-refractivity contribution in [2.45, 2.75) is 22.8 Å². The van der Waals surface area contributed by atoms with E-state index in [9.17, 15) is 8.42 Å². The van der Waals surface area contributed by atoms with Crippen molar-refractivity contribution in [3.8, 4) is 5.75 Å². The quantitative estimate of drug-likeness (QED) is 0.889. The minimum Gasteiger partial charge on any atom is -0.487 e. The maximum atomic E-state index is 13.2. The molecular weight excluding hydrogens is 344 g/mol. The topological polar surface area (TPSA) is 58.6 Å². The number of thioether (sulfide) groups is 1. The van der Waals surface area contributed by atoms with Gasteiger partial charge in [-0.05, 0) is 37.3 Å². The molecular formula is C17H18N2O3S2. The van der Waals surface area contributed by atoms with Crippen molar-refractivity contribution in [1.82, 2.24) is 0 Å². The van der Waals surface area contributed by atoms with E-state index in [2.05, 4.69) is 5.32 Å². The lowest BCUT2D eigenvalue weighted by Crippen LogP contribution is -2.42. The van der Waals surface area contributed by atoms with Crippen LogP contribution in [0.25, 0.3) is 0 Å². The molecule has 4 rings (SSSR count). The molecule has 0 spiro atoms.